The van der Waals surface area contributed by atoms with E-state index in [0.717, 1.165) is 35.3 Å². The van der Waals surface area contributed by atoms with Crippen molar-refractivity contribution in [1.29, 1.82) is 0 Å². The van der Waals surface area contributed by atoms with E-state index in [1.54, 1.807) is 12.1 Å². The number of hydrogen-bond donors (Lipinski definition) is 0. The number of amidine groups is 1. The number of hydrogen-bond acceptors (Lipinski definition) is 5. The zero-order valence-electron chi connectivity index (χ0n) is 8.42. The number of aliphatic imine (C=N–C) groups is 1. The molecule has 3 rings (SSSR count). The Kier molecular flexibility index (Phi) is 2.10. The lowest BCUT2D eigenvalue weighted by Gasteiger charge is -2.22. The van der Waals surface area contributed by atoms with Crippen molar-refractivity contribution in [3.05, 3.63) is 28.3 Å². The molecule has 0 N–H and O–H groups in total. The average molecular weight is 235 g/mol. The minimum atomic E-state index is -0.361. The first-order valence-electron chi connectivity index (χ1n) is 5.04. The van der Waals surface area contributed by atoms with Gasteiger partial charge in [0, 0.05) is 30.1 Å². The van der Waals surface area contributed by atoms with Gasteiger partial charge in [-0.1, -0.05) is 0 Å². The van der Waals surface area contributed by atoms with Crippen LogP contribution in [0.1, 0.15) is 6.42 Å². The monoisotopic (exact) mass is 235 g/mol. The second kappa shape index (κ2) is 3.48. The predicted molar refractivity (Wildman–Crippen MR) is 63.2 cm³/mol. The van der Waals surface area contributed by atoms with Crippen LogP contribution in [-0.2, 0) is 0 Å². The Morgan fingerprint density at radius 1 is 1.50 bits per heavy atom. The average Bonchev–Trinajstić information content (AvgIpc) is 2.66. The normalized spacial score (nSPS) is 17.8. The Labute approximate surface area is 96.3 Å². The lowest BCUT2D eigenvalue weighted by atomic mass is 10.2. The van der Waals surface area contributed by atoms with Gasteiger partial charge in [-0.25, -0.2) is 0 Å². The number of non-ortho nitro benzene ring substituents is 1. The molecular weight excluding hydrogens is 226 g/mol. The molecule has 0 radical (unpaired) electrons. The summed E-state index contributed by atoms with van der Waals surface area (Å²) in [6.45, 7) is 1.81. The van der Waals surface area contributed by atoms with Gasteiger partial charge in [0.15, 0.2) is 5.17 Å². The number of thioether (sulfide) groups is 1. The van der Waals surface area contributed by atoms with E-state index >= 15 is 0 Å². The third kappa shape index (κ3) is 1.37. The summed E-state index contributed by atoms with van der Waals surface area (Å²) in [7, 11) is 0. The Morgan fingerprint density at radius 2 is 2.38 bits per heavy atom. The van der Waals surface area contributed by atoms with Gasteiger partial charge in [0.05, 0.1) is 10.6 Å². The van der Waals surface area contributed by atoms with E-state index in [9.17, 15) is 10.1 Å². The summed E-state index contributed by atoms with van der Waals surface area (Å²) < 4.78 is 0. The second-order valence-electron chi connectivity index (χ2n) is 3.68. The Balaban J connectivity index is 2.05. The molecule has 0 atom stereocenters. The lowest BCUT2D eigenvalue weighted by molar-refractivity contribution is -0.385. The van der Waals surface area contributed by atoms with E-state index < -0.39 is 0 Å². The van der Waals surface area contributed by atoms with Gasteiger partial charge in [-0.3, -0.25) is 15.1 Å². The van der Waals surface area contributed by atoms with Crippen molar-refractivity contribution in [3.8, 4) is 0 Å². The first-order chi connectivity index (χ1) is 7.75. The molecule has 0 fully saturated rings. The van der Waals surface area contributed by atoms with Crippen molar-refractivity contribution in [1.82, 2.24) is 0 Å². The van der Waals surface area contributed by atoms with Crippen LogP contribution in [-0.4, -0.2) is 23.2 Å². The van der Waals surface area contributed by atoms with Crippen LogP contribution in [0.4, 0.5) is 11.4 Å². The summed E-state index contributed by atoms with van der Waals surface area (Å²) in [6, 6.07) is 4.99. The van der Waals surface area contributed by atoms with Gasteiger partial charge in [0.1, 0.15) is 0 Å². The van der Waals surface area contributed by atoms with Crippen LogP contribution in [0.3, 0.4) is 0 Å². The summed E-state index contributed by atoms with van der Waals surface area (Å²) in [5.41, 5.74) is 1.20. The number of nitro benzene ring substituents is 1. The number of nitrogens with zero attached hydrogens (tertiary/aromatic N) is 3. The highest BCUT2D eigenvalue weighted by Gasteiger charge is 2.29. The third-order valence-corrected chi connectivity index (χ3v) is 3.74. The van der Waals surface area contributed by atoms with Gasteiger partial charge in [0.25, 0.3) is 5.69 Å². The zero-order valence-corrected chi connectivity index (χ0v) is 9.24. The molecule has 0 spiro atoms. The molecule has 16 heavy (non-hydrogen) atoms. The number of benzene rings is 1. The summed E-state index contributed by atoms with van der Waals surface area (Å²) in [5, 5.41) is 11.6. The quantitative estimate of drug-likeness (QED) is 0.553. The molecule has 1 aromatic rings. The minimum Gasteiger partial charge on any atom is -0.320 e. The smallest absolute Gasteiger partial charge is 0.270 e. The van der Waals surface area contributed by atoms with Crippen LogP contribution in [0.25, 0.3) is 0 Å². The van der Waals surface area contributed by atoms with E-state index in [-0.39, 0.29) is 10.6 Å². The van der Waals surface area contributed by atoms with Crippen molar-refractivity contribution >= 4 is 28.3 Å². The lowest BCUT2D eigenvalue weighted by Crippen LogP contribution is -2.30. The molecule has 0 aromatic heterocycles. The highest BCUT2D eigenvalue weighted by atomic mass is 32.2. The Bertz CT molecular complexity index is 501. The fourth-order valence-electron chi connectivity index (χ4n) is 1.91. The van der Waals surface area contributed by atoms with Gasteiger partial charge in [-0.15, -0.1) is 0 Å². The largest absolute Gasteiger partial charge is 0.320 e. The molecule has 1 aromatic carbocycles. The number of rotatable bonds is 1. The summed E-state index contributed by atoms with van der Waals surface area (Å²) in [6.07, 6.45) is 1.04. The van der Waals surface area contributed by atoms with Crippen LogP contribution in [0.5, 0.6) is 0 Å². The molecule has 2 aliphatic rings. The van der Waals surface area contributed by atoms with E-state index in [1.807, 2.05) is 6.07 Å². The maximum absolute atomic E-state index is 10.7. The second-order valence-corrected chi connectivity index (χ2v) is 4.69. The maximum Gasteiger partial charge on any atom is 0.270 e. The third-order valence-electron chi connectivity index (χ3n) is 2.66. The van der Waals surface area contributed by atoms with Crippen LogP contribution in [0.2, 0.25) is 0 Å². The molecule has 0 bridgehead atoms. The van der Waals surface area contributed by atoms with Crippen molar-refractivity contribution in [3.63, 3.8) is 0 Å². The summed E-state index contributed by atoms with van der Waals surface area (Å²) in [4.78, 5) is 17.8. The molecule has 0 saturated heterocycles. The van der Waals surface area contributed by atoms with Crippen molar-refractivity contribution < 1.29 is 4.92 Å². The van der Waals surface area contributed by atoms with Crippen molar-refractivity contribution in [2.24, 2.45) is 4.99 Å². The summed E-state index contributed by atoms with van der Waals surface area (Å²) >= 11 is 1.52. The van der Waals surface area contributed by atoms with Crippen molar-refractivity contribution in [2.45, 2.75) is 11.3 Å². The Morgan fingerprint density at radius 3 is 3.19 bits per heavy atom. The molecule has 0 saturated carbocycles. The SMILES string of the molecule is O=[N+]([O-])c1ccc2c(c1)SC1=NCCCN12. The molecule has 5 nitrogen and oxygen atoms in total. The first-order valence-corrected chi connectivity index (χ1v) is 5.85. The van der Waals surface area contributed by atoms with Gasteiger partial charge in [0.2, 0.25) is 0 Å². The molecule has 2 aliphatic heterocycles. The van der Waals surface area contributed by atoms with E-state index in [1.165, 1.54) is 11.8 Å². The van der Waals surface area contributed by atoms with Crippen LogP contribution >= 0.6 is 11.8 Å². The van der Waals surface area contributed by atoms with Crippen molar-refractivity contribution in [2.75, 3.05) is 18.0 Å². The number of fused-ring (bicyclic) bond motifs is 3. The molecule has 0 aliphatic carbocycles. The van der Waals surface area contributed by atoms with E-state index in [2.05, 4.69) is 9.89 Å². The zero-order chi connectivity index (χ0) is 11.1. The number of nitro groups is 1. The molecule has 0 unspecified atom stereocenters. The minimum absolute atomic E-state index is 0.145. The van der Waals surface area contributed by atoms with Gasteiger partial charge in [-0.2, -0.15) is 0 Å². The first kappa shape index (κ1) is 9.65. The Hall–Kier alpha value is -1.56. The maximum atomic E-state index is 10.7. The van der Waals surface area contributed by atoms with Crippen LogP contribution in [0, 0.1) is 10.1 Å². The molecule has 0 amide bonds. The van der Waals surface area contributed by atoms with Crippen LogP contribution < -0.4 is 4.90 Å². The predicted octanol–water partition coefficient (Wildman–Crippen LogP) is 2.27. The summed E-state index contributed by atoms with van der Waals surface area (Å²) in [5.74, 6) is 0. The van der Waals surface area contributed by atoms with Crippen LogP contribution in [0.15, 0.2) is 28.1 Å². The molecule has 82 valence electrons. The molecule has 2 heterocycles. The van der Waals surface area contributed by atoms with E-state index in [0.29, 0.717) is 0 Å². The fourth-order valence-corrected chi connectivity index (χ4v) is 3.03. The number of anilines is 1. The van der Waals surface area contributed by atoms with Gasteiger partial charge >= 0.3 is 0 Å². The van der Waals surface area contributed by atoms with E-state index in [4.69, 9.17) is 0 Å². The fraction of sp³-hybridized carbons (Fsp3) is 0.300. The molecule has 6 heteroatoms. The highest BCUT2D eigenvalue weighted by molar-refractivity contribution is 8.14. The molecular formula is C10H9N3O2S. The topological polar surface area (TPSA) is 58.7 Å². The standard InChI is InChI=1S/C10H9N3O2S/c14-13(15)7-2-3-8-9(6-7)16-10-11-4-1-5-12(8)10/h2-3,6H,1,4-5H2. The highest BCUT2D eigenvalue weighted by Crippen LogP contribution is 2.42. The van der Waals surface area contributed by atoms with Gasteiger partial charge < -0.3 is 4.90 Å². The van der Waals surface area contributed by atoms with Gasteiger partial charge in [-0.05, 0) is 24.2 Å².